The molecule has 1 N–H and O–H groups in total. The van der Waals surface area contributed by atoms with Crippen LogP contribution in [0.15, 0.2) is 66.9 Å². The number of hydrogen-bond acceptors (Lipinski definition) is 6. The van der Waals surface area contributed by atoms with E-state index in [0.717, 1.165) is 5.56 Å². The van der Waals surface area contributed by atoms with Gasteiger partial charge in [-0.1, -0.05) is 6.07 Å². The number of ketones is 1. The Labute approximate surface area is 185 Å². The average molecular weight is 432 g/mol. The summed E-state index contributed by atoms with van der Waals surface area (Å²) in [7, 11) is 1.57. The molecule has 1 aromatic carbocycles. The molecule has 1 aliphatic rings. The molecule has 0 saturated carbocycles. The third-order valence-electron chi connectivity index (χ3n) is 5.55. The summed E-state index contributed by atoms with van der Waals surface area (Å²) in [6.07, 6.45) is 7.47. The zero-order valence-corrected chi connectivity index (χ0v) is 17.9. The lowest BCUT2D eigenvalue weighted by Crippen LogP contribution is -2.31. The number of rotatable bonds is 7. The van der Waals surface area contributed by atoms with Crippen molar-refractivity contribution in [3.63, 3.8) is 0 Å². The summed E-state index contributed by atoms with van der Waals surface area (Å²) in [5, 5.41) is 11.1. The topological polar surface area (TPSA) is 97.6 Å². The zero-order chi connectivity index (χ0) is 22.7. The molecule has 0 aliphatic carbocycles. The first-order chi connectivity index (χ1) is 15.5. The molecule has 8 heteroatoms. The minimum Gasteiger partial charge on any atom is -0.507 e. The number of aliphatic hydroxyl groups is 1. The van der Waals surface area contributed by atoms with E-state index in [2.05, 4.69) is 9.97 Å². The Morgan fingerprint density at radius 3 is 2.66 bits per heavy atom. The number of aromatic nitrogens is 3. The molecule has 3 heterocycles. The Hall–Kier alpha value is -3.94. The maximum atomic E-state index is 13.0. The Morgan fingerprint density at radius 2 is 2.00 bits per heavy atom. The van der Waals surface area contributed by atoms with Gasteiger partial charge in [-0.05, 0) is 49.2 Å². The summed E-state index contributed by atoms with van der Waals surface area (Å²) in [5.74, 6) is -0.906. The van der Waals surface area contributed by atoms with E-state index in [0.29, 0.717) is 36.5 Å². The fourth-order valence-electron chi connectivity index (χ4n) is 3.98. The largest absolute Gasteiger partial charge is 0.507 e. The van der Waals surface area contributed by atoms with Gasteiger partial charge < -0.3 is 19.3 Å². The Morgan fingerprint density at radius 1 is 1.16 bits per heavy atom. The van der Waals surface area contributed by atoms with Crippen molar-refractivity contribution >= 4 is 17.4 Å². The molecular weight excluding hydrogens is 408 g/mol. The Balaban J connectivity index is 1.72. The molecule has 1 aliphatic heterocycles. The quantitative estimate of drug-likeness (QED) is 0.350. The highest BCUT2D eigenvalue weighted by Gasteiger charge is 2.46. The number of aryl methyl sites for hydroxylation is 2. The second kappa shape index (κ2) is 9.05. The highest BCUT2D eigenvalue weighted by atomic mass is 16.5. The summed E-state index contributed by atoms with van der Waals surface area (Å²) in [4.78, 5) is 35.9. The maximum absolute atomic E-state index is 13.0. The molecule has 3 aromatic rings. The molecule has 1 saturated heterocycles. The van der Waals surface area contributed by atoms with Gasteiger partial charge in [-0.15, -0.1) is 0 Å². The molecule has 1 amide bonds. The molecule has 164 valence electrons. The van der Waals surface area contributed by atoms with Crippen LogP contribution in [0.4, 0.5) is 0 Å². The number of hydrogen-bond donors (Lipinski definition) is 1. The van der Waals surface area contributed by atoms with Crippen LogP contribution in [-0.4, -0.2) is 49.9 Å². The van der Waals surface area contributed by atoms with Gasteiger partial charge in [0.15, 0.2) is 0 Å². The van der Waals surface area contributed by atoms with Crippen molar-refractivity contribution in [2.45, 2.75) is 25.9 Å². The number of aliphatic hydroxyl groups excluding tert-OH is 1. The first-order valence-corrected chi connectivity index (χ1v) is 10.3. The number of nitrogens with zero attached hydrogens (tertiary/aromatic N) is 4. The van der Waals surface area contributed by atoms with Crippen LogP contribution in [0.3, 0.4) is 0 Å². The van der Waals surface area contributed by atoms with Gasteiger partial charge >= 0.3 is 0 Å². The average Bonchev–Trinajstić information content (AvgIpc) is 3.41. The Kier molecular flexibility index (Phi) is 6.02. The lowest BCUT2D eigenvalue weighted by molar-refractivity contribution is -0.140. The summed E-state index contributed by atoms with van der Waals surface area (Å²) in [5.41, 5.74) is 1.82. The molecule has 1 fully saturated rings. The van der Waals surface area contributed by atoms with Crippen molar-refractivity contribution in [2.75, 3.05) is 13.7 Å². The lowest BCUT2D eigenvalue weighted by atomic mass is 9.97. The molecule has 0 radical (unpaired) electrons. The third-order valence-corrected chi connectivity index (χ3v) is 5.55. The van der Waals surface area contributed by atoms with Crippen molar-refractivity contribution in [1.29, 1.82) is 0 Å². The molecule has 0 bridgehead atoms. The molecule has 8 nitrogen and oxygen atoms in total. The van der Waals surface area contributed by atoms with E-state index < -0.39 is 17.7 Å². The molecule has 4 rings (SSSR count). The number of ether oxygens (including phenoxy) is 1. The summed E-state index contributed by atoms with van der Waals surface area (Å²) in [6, 6.07) is 9.68. The van der Waals surface area contributed by atoms with Gasteiger partial charge in [-0.2, -0.15) is 0 Å². The van der Waals surface area contributed by atoms with E-state index in [1.165, 1.54) is 4.90 Å². The standard InChI is InChI=1S/C24H24N4O4/c1-16-14-17(7-8-19(16)32-2)22(29)20-21(18-6-3-4-9-26-18)28(24(31)23(20)30)12-5-11-27-13-10-25-15-27/h3-4,6-10,13-15,21,29H,5,11-12H2,1-2H3/t21-/m1/s1. The fraction of sp³-hybridized carbons (Fsp3) is 0.250. The van der Waals surface area contributed by atoms with Gasteiger partial charge in [0.05, 0.1) is 24.7 Å². The number of carbonyl (C=O) groups is 2. The van der Waals surface area contributed by atoms with E-state index in [1.807, 2.05) is 17.7 Å². The Bertz CT molecular complexity index is 1160. The van der Waals surface area contributed by atoms with Crippen LogP contribution in [0, 0.1) is 6.92 Å². The molecule has 0 spiro atoms. The van der Waals surface area contributed by atoms with E-state index in [9.17, 15) is 14.7 Å². The highest BCUT2D eigenvalue weighted by molar-refractivity contribution is 6.46. The van der Waals surface area contributed by atoms with Crippen LogP contribution in [0.25, 0.3) is 5.76 Å². The van der Waals surface area contributed by atoms with E-state index in [4.69, 9.17) is 4.74 Å². The second-order valence-electron chi connectivity index (χ2n) is 7.59. The van der Waals surface area contributed by atoms with E-state index in [-0.39, 0.29) is 11.3 Å². The summed E-state index contributed by atoms with van der Waals surface area (Å²) in [6.45, 7) is 2.83. The molecular formula is C24H24N4O4. The number of benzene rings is 1. The van der Waals surface area contributed by atoms with Crippen molar-refractivity contribution < 1.29 is 19.4 Å². The minimum atomic E-state index is -0.763. The van der Waals surface area contributed by atoms with Crippen molar-refractivity contribution in [3.05, 3.63) is 83.7 Å². The molecule has 32 heavy (non-hydrogen) atoms. The van der Waals surface area contributed by atoms with Gasteiger partial charge in [0.25, 0.3) is 11.7 Å². The first kappa shape index (κ1) is 21.3. The number of pyridine rings is 1. The lowest BCUT2D eigenvalue weighted by Gasteiger charge is -2.24. The fourth-order valence-corrected chi connectivity index (χ4v) is 3.98. The van der Waals surface area contributed by atoms with Crippen LogP contribution >= 0.6 is 0 Å². The van der Waals surface area contributed by atoms with Crippen molar-refractivity contribution in [2.24, 2.45) is 0 Å². The number of likely N-dealkylation sites (tertiary alicyclic amines) is 1. The number of imidazole rings is 1. The zero-order valence-electron chi connectivity index (χ0n) is 17.9. The van der Waals surface area contributed by atoms with Crippen LogP contribution in [-0.2, 0) is 16.1 Å². The second-order valence-corrected chi connectivity index (χ2v) is 7.59. The number of methoxy groups -OCH3 is 1. The smallest absolute Gasteiger partial charge is 0.295 e. The number of carbonyl (C=O) groups excluding carboxylic acids is 2. The van der Waals surface area contributed by atoms with Gasteiger partial charge in [-0.25, -0.2) is 4.98 Å². The minimum absolute atomic E-state index is 0.0425. The van der Waals surface area contributed by atoms with Crippen LogP contribution in [0.1, 0.15) is 29.3 Å². The first-order valence-electron chi connectivity index (χ1n) is 10.3. The van der Waals surface area contributed by atoms with Crippen LogP contribution in [0.5, 0.6) is 5.75 Å². The predicted octanol–water partition coefficient (Wildman–Crippen LogP) is 3.11. The van der Waals surface area contributed by atoms with E-state index in [1.54, 1.807) is 62.2 Å². The van der Waals surface area contributed by atoms with Gasteiger partial charge in [0.1, 0.15) is 17.6 Å². The van der Waals surface area contributed by atoms with Gasteiger partial charge in [-0.3, -0.25) is 14.6 Å². The highest BCUT2D eigenvalue weighted by Crippen LogP contribution is 2.39. The SMILES string of the molecule is COc1ccc(C(O)=C2C(=O)C(=O)N(CCCn3ccnc3)[C@@H]2c2ccccn2)cc1C. The number of amides is 1. The normalized spacial score (nSPS) is 17.7. The predicted molar refractivity (Wildman–Crippen MR) is 118 cm³/mol. The maximum Gasteiger partial charge on any atom is 0.295 e. The third kappa shape index (κ3) is 3.99. The number of Topliss-reactive ketones (excluding diaryl/α,β-unsaturated/α-hetero) is 1. The molecule has 0 unspecified atom stereocenters. The van der Waals surface area contributed by atoms with Crippen molar-refractivity contribution in [1.82, 2.24) is 19.4 Å². The summed E-state index contributed by atoms with van der Waals surface area (Å²) < 4.78 is 7.19. The van der Waals surface area contributed by atoms with Crippen LogP contribution < -0.4 is 4.74 Å². The van der Waals surface area contributed by atoms with Gasteiger partial charge in [0.2, 0.25) is 0 Å². The monoisotopic (exact) mass is 432 g/mol. The molecule has 1 atom stereocenters. The van der Waals surface area contributed by atoms with E-state index >= 15 is 0 Å². The molecule has 2 aromatic heterocycles. The van der Waals surface area contributed by atoms with Crippen molar-refractivity contribution in [3.8, 4) is 5.75 Å². The summed E-state index contributed by atoms with van der Waals surface area (Å²) >= 11 is 0. The van der Waals surface area contributed by atoms with Crippen LogP contribution in [0.2, 0.25) is 0 Å². The van der Waals surface area contributed by atoms with Gasteiger partial charge in [0, 0.05) is 37.2 Å².